The van der Waals surface area contributed by atoms with Crippen LogP contribution in [0.15, 0.2) is 24.3 Å². The largest absolute Gasteiger partial charge is 0.366 e. The summed E-state index contributed by atoms with van der Waals surface area (Å²) in [6.45, 7) is 3.75. The molecule has 1 aromatic rings. The zero-order chi connectivity index (χ0) is 8.97. The predicted molar refractivity (Wildman–Crippen MR) is 48.6 cm³/mol. The second-order valence-corrected chi connectivity index (χ2v) is 2.66. The Labute approximate surface area is 72.4 Å². The third-order valence-electron chi connectivity index (χ3n) is 1.70. The third-order valence-corrected chi connectivity index (χ3v) is 1.70. The van der Waals surface area contributed by atoms with Crippen molar-refractivity contribution in [2.24, 2.45) is 5.73 Å². The van der Waals surface area contributed by atoms with E-state index < -0.39 is 0 Å². The van der Waals surface area contributed by atoms with Crippen molar-refractivity contribution in [3.8, 4) is 0 Å². The van der Waals surface area contributed by atoms with Crippen LogP contribution in [0.3, 0.4) is 0 Å². The maximum absolute atomic E-state index is 10.7. The quantitative estimate of drug-likeness (QED) is 0.720. The van der Waals surface area contributed by atoms with Crippen LogP contribution < -0.4 is 5.73 Å². The van der Waals surface area contributed by atoms with Crippen molar-refractivity contribution < 1.29 is 4.79 Å². The van der Waals surface area contributed by atoms with E-state index in [0.29, 0.717) is 5.56 Å². The molecule has 1 rings (SSSR count). The molecule has 2 heteroatoms. The highest BCUT2D eigenvalue weighted by Gasteiger charge is 1.98. The lowest BCUT2D eigenvalue weighted by Crippen LogP contribution is -2.10. The molecule has 63 valence electrons. The lowest BCUT2D eigenvalue weighted by atomic mass is 10.1. The Morgan fingerprint density at radius 2 is 1.92 bits per heavy atom. The van der Waals surface area contributed by atoms with Crippen molar-refractivity contribution in [1.82, 2.24) is 0 Å². The number of carbonyl (C=O) groups excluding carboxylic acids is 1. The second kappa shape index (κ2) is 3.90. The van der Waals surface area contributed by atoms with E-state index in [0.717, 1.165) is 12.8 Å². The summed E-state index contributed by atoms with van der Waals surface area (Å²) in [5, 5.41) is 0. The molecule has 0 atom stereocenters. The normalized spacial score (nSPS) is 9.75. The highest BCUT2D eigenvalue weighted by Crippen LogP contribution is 2.05. The topological polar surface area (TPSA) is 43.1 Å². The van der Waals surface area contributed by atoms with Crippen molar-refractivity contribution in [3.05, 3.63) is 42.3 Å². The molecule has 0 saturated heterocycles. The first-order chi connectivity index (χ1) is 5.74. The van der Waals surface area contributed by atoms with Crippen LogP contribution in [0.1, 0.15) is 22.3 Å². The van der Waals surface area contributed by atoms with E-state index in [9.17, 15) is 4.79 Å². The van der Waals surface area contributed by atoms with E-state index in [1.807, 2.05) is 12.1 Å². The molecule has 1 aromatic carbocycles. The number of benzene rings is 1. The van der Waals surface area contributed by atoms with Gasteiger partial charge in [-0.2, -0.15) is 0 Å². The van der Waals surface area contributed by atoms with Gasteiger partial charge < -0.3 is 5.73 Å². The third kappa shape index (κ3) is 2.09. The summed E-state index contributed by atoms with van der Waals surface area (Å²) < 4.78 is 0. The maximum Gasteiger partial charge on any atom is 0.248 e. The molecular formula is C10H12NO. The van der Waals surface area contributed by atoms with Gasteiger partial charge in [-0.15, -0.1) is 0 Å². The number of primary amides is 1. The average molecular weight is 162 g/mol. The van der Waals surface area contributed by atoms with Crippen molar-refractivity contribution in [1.29, 1.82) is 0 Å². The summed E-state index contributed by atoms with van der Waals surface area (Å²) in [6, 6.07) is 7.30. The van der Waals surface area contributed by atoms with Gasteiger partial charge in [-0.1, -0.05) is 19.1 Å². The molecule has 0 spiro atoms. The van der Waals surface area contributed by atoms with Crippen molar-refractivity contribution in [2.75, 3.05) is 0 Å². The molecule has 1 radical (unpaired) electrons. The molecule has 0 saturated carbocycles. The molecule has 0 aliphatic carbocycles. The van der Waals surface area contributed by atoms with E-state index in [1.165, 1.54) is 5.56 Å². The first kappa shape index (κ1) is 8.78. The smallest absolute Gasteiger partial charge is 0.248 e. The average Bonchev–Trinajstić information content (AvgIpc) is 2.06. The zero-order valence-electron chi connectivity index (χ0n) is 6.92. The van der Waals surface area contributed by atoms with Crippen LogP contribution in [-0.4, -0.2) is 5.91 Å². The Morgan fingerprint density at radius 3 is 2.33 bits per heavy atom. The SMILES string of the molecule is [CH2]CCc1ccc(C(N)=O)cc1. The minimum atomic E-state index is -0.379. The summed E-state index contributed by atoms with van der Waals surface area (Å²) >= 11 is 0. The standard InChI is InChI=1S/C10H12NO/c1-2-3-8-4-6-9(7-5-8)10(11)12/h4-7H,1-3H2,(H2,11,12). The van der Waals surface area contributed by atoms with Crippen molar-refractivity contribution >= 4 is 5.91 Å². The van der Waals surface area contributed by atoms with E-state index in [4.69, 9.17) is 5.73 Å². The van der Waals surface area contributed by atoms with Gasteiger partial charge in [0.25, 0.3) is 0 Å². The second-order valence-electron chi connectivity index (χ2n) is 2.66. The Morgan fingerprint density at radius 1 is 1.33 bits per heavy atom. The first-order valence-electron chi connectivity index (χ1n) is 3.92. The minimum absolute atomic E-state index is 0.379. The number of nitrogens with two attached hydrogens (primary N) is 1. The molecule has 0 aromatic heterocycles. The van der Waals surface area contributed by atoms with Crippen LogP contribution in [0.25, 0.3) is 0 Å². The van der Waals surface area contributed by atoms with Gasteiger partial charge in [-0.05, 0) is 30.5 Å². The molecule has 2 nitrogen and oxygen atoms in total. The summed E-state index contributed by atoms with van der Waals surface area (Å²) in [5.41, 5.74) is 6.83. The predicted octanol–water partition coefficient (Wildman–Crippen LogP) is 1.55. The van der Waals surface area contributed by atoms with Gasteiger partial charge in [0.05, 0.1) is 0 Å². The lowest BCUT2D eigenvalue weighted by molar-refractivity contribution is 0.100. The van der Waals surface area contributed by atoms with Gasteiger partial charge in [0.2, 0.25) is 5.91 Å². The fraction of sp³-hybridized carbons (Fsp3) is 0.200. The van der Waals surface area contributed by atoms with Crippen molar-refractivity contribution in [3.63, 3.8) is 0 Å². The van der Waals surface area contributed by atoms with Gasteiger partial charge in [0, 0.05) is 5.56 Å². The van der Waals surface area contributed by atoms with Gasteiger partial charge in [0.1, 0.15) is 0 Å². The van der Waals surface area contributed by atoms with Crippen LogP contribution in [0, 0.1) is 6.92 Å². The number of aryl methyl sites for hydroxylation is 1. The highest BCUT2D eigenvalue weighted by atomic mass is 16.1. The summed E-state index contributed by atoms with van der Waals surface area (Å²) in [4.78, 5) is 10.7. The molecule has 0 aliphatic rings. The molecule has 0 fully saturated rings. The summed E-state index contributed by atoms with van der Waals surface area (Å²) in [5.74, 6) is -0.379. The van der Waals surface area contributed by atoms with E-state index in [2.05, 4.69) is 6.92 Å². The van der Waals surface area contributed by atoms with Gasteiger partial charge >= 0.3 is 0 Å². The zero-order valence-corrected chi connectivity index (χ0v) is 6.92. The lowest BCUT2D eigenvalue weighted by Gasteiger charge is -1.98. The highest BCUT2D eigenvalue weighted by molar-refractivity contribution is 5.92. The Hall–Kier alpha value is -1.31. The Balaban J connectivity index is 2.78. The van der Waals surface area contributed by atoms with E-state index in [-0.39, 0.29) is 5.91 Å². The van der Waals surface area contributed by atoms with Crippen molar-refractivity contribution in [2.45, 2.75) is 12.8 Å². The van der Waals surface area contributed by atoms with Gasteiger partial charge in [-0.3, -0.25) is 4.79 Å². The maximum atomic E-state index is 10.7. The number of hydrogen-bond donors (Lipinski definition) is 1. The number of amides is 1. The fourth-order valence-electron chi connectivity index (χ4n) is 1.04. The minimum Gasteiger partial charge on any atom is -0.366 e. The fourth-order valence-corrected chi connectivity index (χ4v) is 1.04. The molecule has 0 unspecified atom stereocenters. The molecule has 2 N–H and O–H groups in total. The molecule has 12 heavy (non-hydrogen) atoms. The molecular weight excluding hydrogens is 150 g/mol. The number of carbonyl (C=O) groups is 1. The van der Waals surface area contributed by atoms with Crippen LogP contribution in [0.2, 0.25) is 0 Å². The van der Waals surface area contributed by atoms with E-state index >= 15 is 0 Å². The molecule has 1 amide bonds. The van der Waals surface area contributed by atoms with Gasteiger partial charge in [0.15, 0.2) is 0 Å². The molecule has 0 heterocycles. The van der Waals surface area contributed by atoms with Gasteiger partial charge in [-0.25, -0.2) is 0 Å². The monoisotopic (exact) mass is 162 g/mol. The Kier molecular flexibility index (Phi) is 2.86. The summed E-state index contributed by atoms with van der Waals surface area (Å²) in [6.07, 6.45) is 1.81. The molecule has 0 bridgehead atoms. The van der Waals surface area contributed by atoms with Crippen LogP contribution in [-0.2, 0) is 6.42 Å². The number of hydrogen-bond acceptors (Lipinski definition) is 1. The number of rotatable bonds is 3. The van der Waals surface area contributed by atoms with Crippen LogP contribution in [0.5, 0.6) is 0 Å². The molecule has 0 aliphatic heterocycles. The van der Waals surface area contributed by atoms with E-state index in [1.54, 1.807) is 12.1 Å². The van der Waals surface area contributed by atoms with Crippen LogP contribution in [0.4, 0.5) is 0 Å². The first-order valence-corrected chi connectivity index (χ1v) is 3.92. The van der Waals surface area contributed by atoms with Crippen LogP contribution >= 0.6 is 0 Å². The summed E-state index contributed by atoms with van der Waals surface area (Å²) in [7, 11) is 0. The Bertz CT molecular complexity index is 264.